The number of para-hydroxylation sites is 1. The van der Waals surface area contributed by atoms with Gasteiger partial charge >= 0.3 is 0 Å². The van der Waals surface area contributed by atoms with Gasteiger partial charge in [0.05, 0.1) is 13.0 Å². The number of aryl methyl sites for hydroxylation is 1. The van der Waals surface area contributed by atoms with Crippen molar-refractivity contribution in [3.63, 3.8) is 0 Å². The predicted octanol–water partition coefficient (Wildman–Crippen LogP) is 3.16. The number of amides is 1. The first-order valence-electron chi connectivity index (χ1n) is 9.53. The van der Waals surface area contributed by atoms with Gasteiger partial charge in [-0.05, 0) is 32.0 Å². The fourth-order valence-electron chi connectivity index (χ4n) is 3.26. The van der Waals surface area contributed by atoms with Gasteiger partial charge in [-0.2, -0.15) is 0 Å². The minimum atomic E-state index is 0.0151. The highest BCUT2D eigenvalue weighted by Crippen LogP contribution is 2.25. The highest BCUT2D eigenvalue weighted by molar-refractivity contribution is 5.75. The van der Waals surface area contributed by atoms with E-state index in [9.17, 15) is 4.79 Å². The van der Waals surface area contributed by atoms with Gasteiger partial charge < -0.3 is 14.8 Å². The van der Waals surface area contributed by atoms with Gasteiger partial charge in [-0.1, -0.05) is 35.9 Å². The van der Waals surface area contributed by atoms with Gasteiger partial charge in [0, 0.05) is 31.7 Å². The molecule has 0 fully saturated rings. The van der Waals surface area contributed by atoms with Crippen LogP contribution >= 0.6 is 0 Å². The summed E-state index contributed by atoms with van der Waals surface area (Å²) in [5, 5.41) is 2.99. The second kappa shape index (κ2) is 9.42. The summed E-state index contributed by atoms with van der Waals surface area (Å²) in [6.45, 7) is 7.68. The first-order chi connectivity index (χ1) is 13.1. The zero-order valence-electron chi connectivity index (χ0n) is 16.1. The van der Waals surface area contributed by atoms with Crippen LogP contribution in [-0.4, -0.2) is 43.2 Å². The third kappa shape index (κ3) is 6.00. The normalized spacial score (nSPS) is 16.7. The predicted molar refractivity (Wildman–Crippen MR) is 106 cm³/mol. The Kier molecular flexibility index (Phi) is 6.71. The van der Waals surface area contributed by atoms with Crippen molar-refractivity contribution >= 4 is 5.91 Å². The first-order valence-corrected chi connectivity index (χ1v) is 9.53. The lowest BCUT2D eigenvalue weighted by Crippen LogP contribution is -2.38. The third-order valence-electron chi connectivity index (χ3n) is 4.54. The smallest absolute Gasteiger partial charge is 0.223 e. The zero-order valence-corrected chi connectivity index (χ0v) is 16.1. The number of carbonyl (C=O) groups excluding carboxylic acids is 1. The van der Waals surface area contributed by atoms with E-state index < -0.39 is 0 Å². The maximum Gasteiger partial charge on any atom is 0.223 e. The van der Waals surface area contributed by atoms with Gasteiger partial charge in [0.2, 0.25) is 5.91 Å². The van der Waals surface area contributed by atoms with E-state index in [4.69, 9.17) is 9.47 Å². The Balaban J connectivity index is 1.41. The van der Waals surface area contributed by atoms with Gasteiger partial charge in [0.25, 0.3) is 0 Å². The average Bonchev–Trinajstić information content (AvgIpc) is 2.80. The van der Waals surface area contributed by atoms with E-state index in [0.717, 1.165) is 31.1 Å². The van der Waals surface area contributed by atoms with Crippen molar-refractivity contribution in [1.82, 2.24) is 10.2 Å². The zero-order chi connectivity index (χ0) is 19.1. The summed E-state index contributed by atoms with van der Waals surface area (Å²) in [7, 11) is 0. The Morgan fingerprint density at radius 3 is 2.89 bits per heavy atom. The topological polar surface area (TPSA) is 50.8 Å². The standard InChI is InChI=1S/C22H28N2O3/c1-17-8-9-21-19(14-17)16-24(15-18(2)27-21)12-11-23-22(25)10-13-26-20-6-4-3-5-7-20/h3-9,14,18H,10-13,15-16H2,1-2H3,(H,23,25). The summed E-state index contributed by atoms with van der Waals surface area (Å²) in [4.78, 5) is 14.3. The summed E-state index contributed by atoms with van der Waals surface area (Å²) in [5.41, 5.74) is 2.44. The molecule has 1 unspecified atom stereocenters. The summed E-state index contributed by atoms with van der Waals surface area (Å²) in [6.07, 6.45) is 0.486. The van der Waals surface area contributed by atoms with E-state index in [-0.39, 0.29) is 12.0 Å². The van der Waals surface area contributed by atoms with Crippen LogP contribution in [0.5, 0.6) is 11.5 Å². The highest BCUT2D eigenvalue weighted by Gasteiger charge is 2.20. The van der Waals surface area contributed by atoms with Crippen molar-refractivity contribution in [2.45, 2.75) is 32.9 Å². The van der Waals surface area contributed by atoms with E-state index in [1.165, 1.54) is 11.1 Å². The molecule has 0 aromatic heterocycles. The molecule has 0 saturated carbocycles. The number of hydrogen-bond acceptors (Lipinski definition) is 4. The Hall–Kier alpha value is -2.53. The van der Waals surface area contributed by atoms with Crippen molar-refractivity contribution < 1.29 is 14.3 Å². The van der Waals surface area contributed by atoms with Gasteiger partial charge in [0.15, 0.2) is 0 Å². The van der Waals surface area contributed by atoms with Crippen LogP contribution in [0.2, 0.25) is 0 Å². The lowest BCUT2D eigenvalue weighted by molar-refractivity contribution is -0.121. The fourth-order valence-corrected chi connectivity index (χ4v) is 3.26. The molecule has 2 aromatic carbocycles. The quantitative estimate of drug-likeness (QED) is 0.816. The molecule has 1 heterocycles. The first kappa shape index (κ1) is 19.2. The molecule has 0 aliphatic carbocycles. The Labute approximate surface area is 161 Å². The monoisotopic (exact) mass is 368 g/mol. The number of nitrogens with zero attached hydrogens (tertiary/aromatic N) is 1. The number of benzene rings is 2. The molecule has 1 atom stereocenters. The number of carbonyl (C=O) groups is 1. The van der Waals surface area contributed by atoms with Gasteiger partial charge in [-0.15, -0.1) is 0 Å². The van der Waals surface area contributed by atoms with E-state index in [1.54, 1.807) is 0 Å². The maximum absolute atomic E-state index is 12.0. The molecule has 0 saturated heterocycles. The van der Waals surface area contributed by atoms with Gasteiger partial charge in [-0.25, -0.2) is 0 Å². The molecule has 0 bridgehead atoms. The Bertz CT molecular complexity index is 748. The third-order valence-corrected chi connectivity index (χ3v) is 4.54. The van der Waals surface area contributed by atoms with Crippen LogP contribution in [0.25, 0.3) is 0 Å². The molecule has 5 heteroatoms. The van der Waals surface area contributed by atoms with E-state index >= 15 is 0 Å². The van der Waals surface area contributed by atoms with Crippen LogP contribution in [0.3, 0.4) is 0 Å². The molecule has 0 radical (unpaired) electrons. The van der Waals surface area contributed by atoms with Crippen molar-refractivity contribution in [3.8, 4) is 11.5 Å². The molecule has 144 valence electrons. The van der Waals surface area contributed by atoms with Crippen LogP contribution in [0, 0.1) is 6.92 Å². The number of fused-ring (bicyclic) bond motifs is 1. The minimum Gasteiger partial charge on any atom is -0.493 e. The minimum absolute atomic E-state index is 0.0151. The molecule has 1 aliphatic rings. The summed E-state index contributed by atoms with van der Waals surface area (Å²) < 4.78 is 11.6. The molecule has 2 aromatic rings. The van der Waals surface area contributed by atoms with Crippen molar-refractivity contribution in [2.24, 2.45) is 0 Å². The van der Waals surface area contributed by atoms with Crippen LogP contribution < -0.4 is 14.8 Å². The van der Waals surface area contributed by atoms with Crippen molar-refractivity contribution in [1.29, 1.82) is 0 Å². The van der Waals surface area contributed by atoms with E-state index in [2.05, 4.69) is 42.3 Å². The lowest BCUT2D eigenvalue weighted by Gasteiger charge is -2.22. The van der Waals surface area contributed by atoms with Gasteiger partial charge in [-0.3, -0.25) is 9.69 Å². The molecule has 1 N–H and O–H groups in total. The number of nitrogens with one attached hydrogen (secondary N) is 1. The molecule has 1 amide bonds. The van der Waals surface area contributed by atoms with Crippen molar-refractivity contribution in [2.75, 3.05) is 26.2 Å². The average molecular weight is 368 g/mol. The largest absolute Gasteiger partial charge is 0.493 e. The van der Waals surface area contributed by atoms with Crippen LogP contribution in [0.1, 0.15) is 24.5 Å². The summed E-state index contributed by atoms with van der Waals surface area (Å²) >= 11 is 0. The van der Waals surface area contributed by atoms with Crippen LogP contribution in [-0.2, 0) is 11.3 Å². The highest BCUT2D eigenvalue weighted by atomic mass is 16.5. The van der Waals surface area contributed by atoms with Gasteiger partial charge in [0.1, 0.15) is 17.6 Å². The molecular formula is C22H28N2O3. The molecule has 3 rings (SSSR count). The molecule has 0 spiro atoms. The molecule has 1 aliphatic heterocycles. The van der Waals surface area contributed by atoms with E-state index in [0.29, 0.717) is 19.6 Å². The summed E-state index contributed by atoms with van der Waals surface area (Å²) in [5.74, 6) is 1.77. The lowest BCUT2D eigenvalue weighted by atomic mass is 10.1. The van der Waals surface area contributed by atoms with Crippen LogP contribution in [0.15, 0.2) is 48.5 Å². The summed E-state index contributed by atoms with van der Waals surface area (Å²) in [6, 6.07) is 15.9. The number of ether oxygens (including phenoxy) is 2. The molecular weight excluding hydrogens is 340 g/mol. The molecule has 27 heavy (non-hydrogen) atoms. The fraction of sp³-hybridized carbons (Fsp3) is 0.409. The Morgan fingerprint density at radius 1 is 1.26 bits per heavy atom. The van der Waals surface area contributed by atoms with Crippen molar-refractivity contribution in [3.05, 3.63) is 59.7 Å². The second-order valence-corrected chi connectivity index (χ2v) is 7.04. The number of hydrogen-bond donors (Lipinski definition) is 1. The molecule has 5 nitrogen and oxygen atoms in total. The second-order valence-electron chi connectivity index (χ2n) is 7.04. The van der Waals surface area contributed by atoms with Crippen LogP contribution in [0.4, 0.5) is 0 Å². The Morgan fingerprint density at radius 2 is 2.07 bits per heavy atom. The van der Waals surface area contributed by atoms with E-state index in [1.807, 2.05) is 30.3 Å². The SMILES string of the molecule is Cc1ccc2c(c1)CN(CCNC(=O)CCOc1ccccc1)CC(C)O2. The maximum atomic E-state index is 12.0. The number of rotatable bonds is 7.